The van der Waals surface area contributed by atoms with Gasteiger partial charge in [-0.1, -0.05) is 36.4 Å². The number of ether oxygens (including phenoxy) is 4. The molecule has 5 heterocycles. The zero-order valence-electron chi connectivity index (χ0n) is 43.4. The van der Waals surface area contributed by atoms with Crippen molar-refractivity contribution in [2.45, 2.75) is 103 Å². The van der Waals surface area contributed by atoms with E-state index in [0.717, 1.165) is 28.9 Å². The number of methoxy groups -OCH3 is 2. The Balaban J connectivity index is 0.819. The molecule has 5 aromatic rings. The zero-order chi connectivity index (χ0) is 54.8. The van der Waals surface area contributed by atoms with Crippen LogP contribution < -0.4 is 55.3 Å². The highest BCUT2D eigenvalue weighted by Gasteiger charge is 2.41. The summed E-state index contributed by atoms with van der Waals surface area (Å²) in [5.41, 5.74) is 7.52. The van der Waals surface area contributed by atoms with Crippen molar-refractivity contribution in [1.29, 1.82) is 0 Å². The summed E-state index contributed by atoms with van der Waals surface area (Å²) in [6.45, 7) is 3.44. The third-order valence-electron chi connectivity index (χ3n) is 14.3. The van der Waals surface area contributed by atoms with Gasteiger partial charge >= 0.3 is 5.97 Å². The quantitative estimate of drug-likeness (QED) is 0.0475. The second-order valence-corrected chi connectivity index (χ2v) is 19.7. The molecule has 10 rings (SSSR count). The van der Waals surface area contributed by atoms with Gasteiger partial charge in [-0.25, -0.2) is 4.79 Å². The fraction of sp³-hybridized carbons (Fsp3) is 0.333. The van der Waals surface area contributed by atoms with Crippen molar-refractivity contribution in [2.24, 2.45) is 0 Å². The molecule has 21 nitrogen and oxygen atoms in total. The van der Waals surface area contributed by atoms with Gasteiger partial charge in [0.15, 0.2) is 23.0 Å². The van der Waals surface area contributed by atoms with Crippen LogP contribution in [0.15, 0.2) is 91.0 Å². The molecule has 1 fully saturated rings. The van der Waals surface area contributed by atoms with E-state index >= 15 is 0 Å². The fourth-order valence-corrected chi connectivity index (χ4v) is 10.3. The van der Waals surface area contributed by atoms with Crippen LogP contribution in [-0.2, 0) is 59.7 Å². The van der Waals surface area contributed by atoms with Crippen molar-refractivity contribution in [3.63, 3.8) is 0 Å². The van der Waals surface area contributed by atoms with Gasteiger partial charge in [-0.2, -0.15) is 0 Å². The maximum atomic E-state index is 14.1. The van der Waals surface area contributed by atoms with Gasteiger partial charge < -0.3 is 55.3 Å². The number of imide groups is 1. The summed E-state index contributed by atoms with van der Waals surface area (Å²) >= 11 is 0. The van der Waals surface area contributed by atoms with Crippen LogP contribution >= 0.6 is 0 Å². The molecule has 404 valence electrons. The number of hydrogen-bond donors (Lipinski definition) is 5. The van der Waals surface area contributed by atoms with E-state index in [1.54, 1.807) is 41.3 Å². The Morgan fingerprint density at radius 1 is 0.641 bits per heavy atom. The van der Waals surface area contributed by atoms with Gasteiger partial charge in [0, 0.05) is 67.8 Å². The summed E-state index contributed by atoms with van der Waals surface area (Å²) in [5, 5.41) is 15.6. The minimum Gasteiger partial charge on any atom is -0.493 e. The summed E-state index contributed by atoms with van der Waals surface area (Å²) in [5.74, 6) is -2.52. The number of para-hydroxylation sites is 2. The molecule has 0 bridgehead atoms. The molecule has 7 amide bonds. The molecular weight excluding hydrogens is 1000 g/mol. The van der Waals surface area contributed by atoms with Crippen LogP contribution in [0.2, 0.25) is 0 Å². The zero-order valence-corrected chi connectivity index (χ0v) is 43.4. The number of amides is 7. The minimum absolute atomic E-state index is 0.0210. The number of hydroxylamine groups is 2. The maximum Gasteiger partial charge on any atom is 0.333 e. The van der Waals surface area contributed by atoms with Gasteiger partial charge in [-0.05, 0) is 97.8 Å². The second kappa shape index (κ2) is 22.2. The van der Waals surface area contributed by atoms with Gasteiger partial charge in [-0.3, -0.25) is 38.5 Å². The molecule has 21 heteroatoms. The summed E-state index contributed by atoms with van der Waals surface area (Å²) in [4.78, 5) is 112. The lowest BCUT2D eigenvalue weighted by Gasteiger charge is -2.33. The third kappa shape index (κ3) is 10.8. The van der Waals surface area contributed by atoms with Gasteiger partial charge in [0.25, 0.3) is 23.6 Å². The SMILES string of the molecule is COc1cc2c(cc1OCc1cc(COc3cc4c(cc3OC)C(=O)N3c5ccccc5C[C@H]3N4)cc(NC(=O)[C@H](C)NC(=O)[C@H](C)NC(=O)CCCCC(=O)ON3C(=O)CCC3=O)c1)NC[C@H]1Cc3ccccc3N1C2=O. The molecule has 5 aliphatic rings. The topological polar surface area (TPSA) is 253 Å². The molecule has 0 aliphatic carbocycles. The molecule has 4 atom stereocenters. The Morgan fingerprint density at radius 3 is 1.86 bits per heavy atom. The number of carbonyl (C=O) groups excluding carboxylic acids is 8. The van der Waals surface area contributed by atoms with Crippen LogP contribution in [0, 0.1) is 0 Å². The highest BCUT2D eigenvalue weighted by Crippen LogP contribution is 2.44. The molecule has 0 spiro atoms. The lowest BCUT2D eigenvalue weighted by molar-refractivity contribution is -0.197. The predicted molar refractivity (Wildman–Crippen MR) is 284 cm³/mol. The van der Waals surface area contributed by atoms with Crippen molar-refractivity contribution in [1.82, 2.24) is 15.7 Å². The Morgan fingerprint density at radius 2 is 1.21 bits per heavy atom. The van der Waals surface area contributed by atoms with E-state index in [4.69, 9.17) is 23.8 Å². The minimum atomic E-state index is -1.07. The van der Waals surface area contributed by atoms with Crippen LogP contribution in [0.25, 0.3) is 0 Å². The normalized spacial score (nSPS) is 17.4. The molecule has 78 heavy (non-hydrogen) atoms. The van der Waals surface area contributed by atoms with E-state index in [2.05, 4.69) is 26.6 Å². The maximum absolute atomic E-state index is 14.1. The van der Waals surface area contributed by atoms with E-state index in [0.29, 0.717) is 80.3 Å². The number of anilines is 5. The van der Waals surface area contributed by atoms with E-state index in [1.807, 2.05) is 59.5 Å². The lowest BCUT2D eigenvalue weighted by Crippen LogP contribution is -2.50. The van der Waals surface area contributed by atoms with Crippen molar-refractivity contribution in [3.8, 4) is 23.0 Å². The van der Waals surface area contributed by atoms with E-state index in [9.17, 15) is 38.4 Å². The van der Waals surface area contributed by atoms with Crippen molar-refractivity contribution in [2.75, 3.05) is 46.5 Å². The van der Waals surface area contributed by atoms with Crippen molar-refractivity contribution >= 4 is 75.8 Å². The standard InChI is InChI=1S/C57H58N8O13/c1-31(59-50(66)15-9-10-16-53(69)78-65-51(67)17-18-52(65)68)54(70)60-32(2)55(71)61-37-20-33(29-76-47-26-41-39(24-45(47)74-3)56(72)63-38(28-58-41)22-35-11-5-7-13-43(35)63)19-34(21-37)30-77-48-27-42-40(25-46(48)75-4)57(73)64-44-14-8-6-12-36(44)23-49(64)62-42/h5-8,11-14,19-21,24-27,31-32,38,49,58,62H,9-10,15-18,22-23,28-30H2,1-4H3,(H,59,66)(H,60,70)(H,61,71)/t31-,32-,38+,49-/m0/s1. The number of benzene rings is 5. The first-order valence-electron chi connectivity index (χ1n) is 25.8. The first-order valence-corrected chi connectivity index (χ1v) is 25.8. The van der Waals surface area contributed by atoms with E-state index in [-0.39, 0.29) is 75.8 Å². The van der Waals surface area contributed by atoms with Crippen LogP contribution in [0.4, 0.5) is 28.4 Å². The molecular formula is C57H58N8O13. The number of nitrogens with zero attached hydrogens (tertiary/aromatic N) is 3. The van der Waals surface area contributed by atoms with Gasteiger partial charge in [0.2, 0.25) is 17.7 Å². The summed E-state index contributed by atoms with van der Waals surface area (Å²) in [7, 11) is 2.99. The van der Waals surface area contributed by atoms with Crippen LogP contribution in [0.3, 0.4) is 0 Å². The highest BCUT2D eigenvalue weighted by atomic mass is 16.7. The highest BCUT2D eigenvalue weighted by molar-refractivity contribution is 6.14. The summed E-state index contributed by atoms with van der Waals surface area (Å²) in [6.07, 6.45) is 1.37. The Hall–Kier alpha value is -9.14. The second-order valence-electron chi connectivity index (χ2n) is 19.7. The molecule has 0 aromatic heterocycles. The Kier molecular flexibility index (Phi) is 14.9. The Bertz CT molecular complexity index is 3260. The average molecular weight is 1060 g/mol. The average Bonchev–Trinajstić information content (AvgIpc) is 4.23. The first kappa shape index (κ1) is 52.3. The largest absolute Gasteiger partial charge is 0.493 e. The van der Waals surface area contributed by atoms with Gasteiger partial charge in [0.05, 0.1) is 42.8 Å². The molecule has 5 N–H and O–H groups in total. The van der Waals surface area contributed by atoms with Gasteiger partial charge in [-0.15, -0.1) is 5.06 Å². The first-order chi connectivity index (χ1) is 37.7. The lowest BCUT2D eigenvalue weighted by atomic mass is 10.1. The summed E-state index contributed by atoms with van der Waals surface area (Å²) < 4.78 is 24.4. The molecule has 5 aromatic carbocycles. The molecule has 0 saturated carbocycles. The van der Waals surface area contributed by atoms with Crippen molar-refractivity contribution < 1.29 is 62.1 Å². The van der Waals surface area contributed by atoms with Crippen LogP contribution in [-0.4, -0.2) is 97.4 Å². The van der Waals surface area contributed by atoms with E-state index in [1.165, 1.54) is 28.1 Å². The van der Waals surface area contributed by atoms with Crippen LogP contribution in [0.1, 0.15) is 95.3 Å². The number of nitrogens with one attached hydrogen (secondary N) is 5. The molecule has 0 unspecified atom stereocenters. The molecule has 1 saturated heterocycles. The molecule has 0 radical (unpaired) electrons. The summed E-state index contributed by atoms with van der Waals surface area (Å²) in [6, 6.07) is 25.6. The number of fused-ring (bicyclic) bond motifs is 8. The van der Waals surface area contributed by atoms with Crippen LogP contribution in [0.5, 0.6) is 23.0 Å². The number of hydrogen-bond acceptors (Lipinski definition) is 15. The fourth-order valence-electron chi connectivity index (χ4n) is 10.3. The van der Waals surface area contributed by atoms with E-state index < -0.39 is 47.6 Å². The Labute approximate surface area is 448 Å². The molecule has 5 aliphatic heterocycles. The van der Waals surface area contributed by atoms with Crippen molar-refractivity contribution in [3.05, 3.63) is 124 Å². The number of unbranched alkanes of at least 4 members (excludes halogenated alkanes) is 1. The third-order valence-corrected chi connectivity index (χ3v) is 14.3. The predicted octanol–water partition coefficient (Wildman–Crippen LogP) is 5.93. The number of carbonyl (C=O) groups is 8. The number of rotatable bonds is 19. The monoisotopic (exact) mass is 1060 g/mol. The van der Waals surface area contributed by atoms with Gasteiger partial charge in [0.1, 0.15) is 31.5 Å². The smallest absolute Gasteiger partial charge is 0.333 e.